The quantitative estimate of drug-likeness (QED) is 0.755. The van der Waals surface area contributed by atoms with E-state index < -0.39 is 6.43 Å². The highest BCUT2D eigenvalue weighted by Crippen LogP contribution is 2.33. The Bertz CT molecular complexity index is 659. The van der Waals surface area contributed by atoms with Crippen LogP contribution in [0, 0.1) is 0 Å². The van der Waals surface area contributed by atoms with E-state index >= 15 is 0 Å². The Morgan fingerprint density at radius 3 is 2.88 bits per heavy atom. The average Bonchev–Trinajstić information content (AvgIpc) is 2.97. The molecule has 0 saturated heterocycles. The molecule has 3 aromatic heterocycles. The van der Waals surface area contributed by atoms with Crippen LogP contribution in [-0.2, 0) is 0 Å². The van der Waals surface area contributed by atoms with Gasteiger partial charge in [-0.1, -0.05) is 0 Å². The molecule has 0 unspecified atom stereocenters. The zero-order valence-corrected chi connectivity index (χ0v) is 9.34. The molecule has 0 fully saturated rings. The van der Waals surface area contributed by atoms with Crippen LogP contribution >= 0.6 is 11.3 Å². The fraction of sp³-hybridized carbons (Fsp3) is 0.0909. The molecule has 0 aliphatic carbocycles. The van der Waals surface area contributed by atoms with Gasteiger partial charge in [0.25, 0.3) is 6.43 Å². The predicted octanol–water partition coefficient (Wildman–Crippen LogP) is 3.62. The number of hydrogen-bond donors (Lipinski definition) is 1. The molecule has 3 heterocycles. The van der Waals surface area contributed by atoms with Gasteiger partial charge in [-0.25, -0.2) is 8.78 Å². The summed E-state index contributed by atoms with van der Waals surface area (Å²) in [5.41, 5.74) is 2.38. The minimum Gasteiger partial charge on any atom is -0.276 e. The maximum Gasteiger partial charge on any atom is 0.272 e. The molecule has 17 heavy (non-hydrogen) atoms. The maximum absolute atomic E-state index is 12.5. The SMILES string of the molecule is FC(F)c1ccc(-c2cnc3cn[nH]c3c2)s1. The number of nitrogens with zero attached hydrogens (tertiary/aromatic N) is 2. The van der Waals surface area contributed by atoms with Crippen molar-refractivity contribution in [2.75, 3.05) is 0 Å². The lowest BCUT2D eigenvalue weighted by molar-refractivity contribution is 0.155. The van der Waals surface area contributed by atoms with Gasteiger partial charge in [-0.05, 0) is 18.2 Å². The molecule has 0 spiro atoms. The van der Waals surface area contributed by atoms with Gasteiger partial charge in [0, 0.05) is 16.6 Å². The molecule has 3 nitrogen and oxygen atoms in total. The van der Waals surface area contributed by atoms with Gasteiger partial charge < -0.3 is 0 Å². The summed E-state index contributed by atoms with van der Waals surface area (Å²) >= 11 is 1.08. The number of aromatic nitrogens is 3. The van der Waals surface area contributed by atoms with Crippen molar-refractivity contribution in [3.63, 3.8) is 0 Å². The van der Waals surface area contributed by atoms with Crippen molar-refractivity contribution in [2.45, 2.75) is 6.43 Å². The van der Waals surface area contributed by atoms with E-state index in [-0.39, 0.29) is 4.88 Å². The number of pyridine rings is 1. The predicted molar refractivity (Wildman–Crippen MR) is 62.2 cm³/mol. The molecule has 3 rings (SSSR count). The number of fused-ring (bicyclic) bond motifs is 1. The van der Waals surface area contributed by atoms with Crippen molar-refractivity contribution in [3.8, 4) is 10.4 Å². The van der Waals surface area contributed by atoms with Gasteiger partial charge in [-0.3, -0.25) is 10.1 Å². The summed E-state index contributed by atoms with van der Waals surface area (Å²) in [7, 11) is 0. The van der Waals surface area contributed by atoms with E-state index in [1.165, 1.54) is 6.07 Å². The fourth-order valence-electron chi connectivity index (χ4n) is 1.59. The zero-order valence-electron chi connectivity index (χ0n) is 8.52. The second-order valence-corrected chi connectivity index (χ2v) is 4.64. The van der Waals surface area contributed by atoms with Gasteiger partial charge in [0.2, 0.25) is 0 Å². The van der Waals surface area contributed by atoms with Crippen molar-refractivity contribution in [2.24, 2.45) is 0 Å². The number of H-pyrrole nitrogens is 1. The number of alkyl halides is 2. The summed E-state index contributed by atoms with van der Waals surface area (Å²) in [4.78, 5) is 5.05. The van der Waals surface area contributed by atoms with Crippen LogP contribution in [0.5, 0.6) is 0 Å². The zero-order chi connectivity index (χ0) is 11.8. The topological polar surface area (TPSA) is 41.6 Å². The van der Waals surface area contributed by atoms with Crippen LogP contribution in [0.25, 0.3) is 21.5 Å². The molecule has 0 radical (unpaired) electrons. The highest BCUT2D eigenvalue weighted by atomic mass is 32.1. The van der Waals surface area contributed by atoms with E-state index in [1.54, 1.807) is 18.5 Å². The van der Waals surface area contributed by atoms with Gasteiger partial charge in [0.15, 0.2) is 0 Å². The van der Waals surface area contributed by atoms with E-state index in [0.29, 0.717) is 0 Å². The van der Waals surface area contributed by atoms with Gasteiger partial charge >= 0.3 is 0 Å². The third kappa shape index (κ3) is 1.80. The second-order valence-electron chi connectivity index (χ2n) is 3.53. The Labute approximate surface area is 99.1 Å². The van der Waals surface area contributed by atoms with Crippen LogP contribution in [0.4, 0.5) is 8.78 Å². The summed E-state index contributed by atoms with van der Waals surface area (Å²) in [6, 6.07) is 4.99. The fourth-order valence-corrected chi connectivity index (χ4v) is 2.44. The largest absolute Gasteiger partial charge is 0.276 e. The van der Waals surface area contributed by atoms with Crippen LogP contribution in [-0.4, -0.2) is 15.2 Å². The summed E-state index contributed by atoms with van der Waals surface area (Å²) in [5, 5.41) is 6.67. The first kappa shape index (κ1) is 10.3. The molecule has 0 aromatic carbocycles. The Kier molecular flexibility index (Phi) is 2.36. The number of nitrogens with one attached hydrogen (secondary N) is 1. The molecular weight excluding hydrogens is 244 g/mol. The monoisotopic (exact) mass is 251 g/mol. The molecule has 0 bridgehead atoms. The van der Waals surface area contributed by atoms with Gasteiger partial charge in [0.1, 0.15) is 5.52 Å². The van der Waals surface area contributed by atoms with Crippen LogP contribution < -0.4 is 0 Å². The molecule has 1 N–H and O–H groups in total. The van der Waals surface area contributed by atoms with E-state index in [9.17, 15) is 8.78 Å². The van der Waals surface area contributed by atoms with Crippen molar-refractivity contribution >= 4 is 22.4 Å². The van der Waals surface area contributed by atoms with Crippen LogP contribution in [0.3, 0.4) is 0 Å². The first-order valence-corrected chi connectivity index (χ1v) is 5.73. The van der Waals surface area contributed by atoms with Crippen molar-refractivity contribution in [1.82, 2.24) is 15.2 Å². The second kappa shape index (κ2) is 3.89. The molecular formula is C11H7F2N3S. The Hall–Kier alpha value is -1.82. The number of rotatable bonds is 2. The molecule has 0 atom stereocenters. The first-order valence-electron chi connectivity index (χ1n) is 4.91. The highest BCUT2D eigenvalue weighted by Gasteiger charge is 2.11. The van der Waals surface area contributed by atoms with Crippen LogP contribution in [0.15, 0.2) is 30.6 Å². The minimum absolute atomic E-state index is 0.0738. The summed E-state index contributed by atoms with van der Waals surface area (Å²) in [6.45, 7) is 0. The lowest BCUT2D eigenvalue weighted by atomic mass is 10.2. The van der Waals surface area contributed by atoms with Crippen LogP contribution in [0.1, 0.15) is 11.3 Å². The van der Waals surface area contributed by atoms with Crippen LogP contribution in [0.2, 0.25) is 0 Å². The number of halogens is 2. The van der Waals surface area contributed by atoms with Gasteiger partial charge in [0.05, 0.1) is 16.6 Å². The number of thiophene rings is 1. The highest BCUT2D eigenvalue weighted by molar-refractivity contribution is 7.15. The maximum atomic E-state index is 12.5. The third-order valence-electron chi connectivity index (χ3n) is 2.42. The van der Waals surface area contributed by atoms with Crippen molar-refractivity contribution in [3.05, 3.63) is 35.5 Å². The molecule has 0 amide bonds. The minimum atomic E-state index is -2.42. The van der Waals surface area contributed by atoms with Gasteiger partial charge in [-0.2, -0.15) is 5.10 Å². The molecule has 0 aliphatic heterocycles. The van der Waals surface area contributed by atoms with Crippen molar-refractivity contribution in [1.29, 1.82) is 0 Å². The number of hydrogen-bond acceptors (Lipinski definition) is 3. The van der Waals surface area contributed by atoms with Crippen molar-refractivity contribution < 1.29 is 8.78 Å². The Balaban J connectivity index is 2.06. The third-order valence-corrected chi connectivity index (χ3v) is 3.56. The average molecular weight is 251 g/mol. The first-order chi connectivity index (χ1) is 8.24. The van der Waals surface area contributed by atoms with E-state index in [2.05, 4.69) is 15.2 Å². The smallest absolute Gasteiger partial charge is 0.272 e. The molecule has 0 aliphatic rings. The Morgan fingerprint density at radius 1 is 1.24 bits per heavy atom. The summed E-state index contributed by atoms with van der Waals surface area (Å²) < 4.78 is 25.0. The lowest BCUT2D eigenvalue weighted by Gasteiger charge is -1.96. The number of aromatic amines is 1. The van der Waals surface area contributed by atoms with E-state index in [4.69, 9.17) is 0 Å². The summed E-state index contributed by atoms with van der Waals surface area (Å²) in [5.74, 6) is 0. The van der Waals surface area contributed by atoms with E-state index in [0.717, 1.165) is 32.8 Å². The van der Waals surface area contributed by atoms with Gasteiger partial charge in [-0.15, -0.1) is 11.3 Å². The molecule has 6 heteroatoms. The summed E-state index contributed by atoms with van der Waals surface area (Å²) in [6.07, 6.45) is 0.870. The lowest BCUT2D eigenvalue weighted by Crippen LogP contribution is -1.78. The molecule has 3 aromatic rings. The van der Waals surface area contributed by atoms with E-state index in [1.807, 2.05) is 6.07 Å². The molecule has 86 valence electrons. The normalized spacial score (nSPS) is 11.5. The molecule has 0 saturated carbocycles. The Morgan fingerprint density at radius 2 is 2.12 bits per heavy atom. The standard InChI is InChI=1S/C11H7F2N3S/c12-11(13)10-2-1-9(17-10)6-3-7-8(14-4-6)5-15-16-7/h1-5,11H,(H,15,16).